The number of hydrogen-bond acceptors (Lipinski definition) is 5. The van der Waals surface area contributed by atoms with Crippen molar-refractivity contribution in [3.05, 3.63) is 51.7 Å². The van der Waals surface area contributed by atoms with Crippen molar-refractivity contribution in [2.75, 3.05) is 5.32 Å². The summed E-state index contributed by atoms with van der Waals surface area (Å²) >= 11 is 6.03. The van der Waals surface area contributed by atoms with Crippen LogP contribution in [0.4, 0.5) is 11.4 Å². The highest BCUT2D eigenvalue weighted by Crippen LogP contribution is 2.39. The number of rotatable bonds is 5. The summed E-state index contributed by atoms with van der Waals surface area (Å²) in [6.07, 6.45) is 4.88. The number of aryl methyl sites for hydroxylation is 1. The first kappa shape index (κ1) is 20.5. The summed E-state index contributed by atoms with van der Waals surface area (Å²) in [6.45, 7) is 2.48. The van der Waals surface area contributed by atoms with E-state index in [-0.39, 0.29) is 22.3 Å². The molecule has 1 aliphatic carbocycles. The van der Waals surface area contributed by atoms with Crippen molar-refractivity contribution in [3.8, 4) is 6.07 Å². The van der Waals surface area contributed by atoms with Gasteiger partial charge in [-0.05, 0) is 43.5 Å². The maximum atomic E-state index is 12.9. The number of aliphatic hydroxyl groups is 1. The molecule has 0 bridgehead atoms. The van der Waals surface area contributed by atoms with Crippen molar-refractivity contribution in [1.29, 1.82) is 5.26 Å². The van der Waals surface area contributed by atoms with Crippen LogP contribution in [0.1, 0.15) is 38.2 Å². The Hall–Kier alpha value is -2.82. The average Bonchev–Trinajstić information content (AvgIpc) is 3.22. The van der Waals surface area contributed by atoms with E-state index in [4.69, 9.17) is 11.6 Å². The van der Waals surface area contributed by atoms with Crippen LogP contribution in [0.25, 0.3) is 11.0 Å². The van der Waals surface area contributed by atoms with E-state index in [0.29, 0.717) is 18.7 Å². The predicted molar refractivity (Wildman–Crippen MR) is 117 cm³/mol. The van der Waals surface area contributed by atoms with Gasteiger partial charge in [0.2, 0.25) is 0 Å². The van der Waals surface area contributed by atoms with Gasteiger partial charge in [-0.1, -0.05) is 24.9 Å². The second-order valence-electron chi connectivity index (χ2n) is 7.96. The molecular formula is C22H24ClN5O2. The van der Waals surface area contributed by atoms with Crippen molar-refractivity contribution >= 4 is 34.0 Å². The first-order chi connectivity index (χ1) is 14.4. The second kappa shape index (κ2) is 7.78. The minimum Gasteiger partial charge on any atom is -0.390 e. The van der Waals surface area contributed by atoms with Crippen LogP contribution in [0.3, 0.4) is 0 Å². The number of aromatic nitrogens is 3. The van der Waals surface area contributed by atoms with Crippen LogP contribution >= 0.6 is 11.6 Å². The number of anilines is 2. The number of nitrogens with one attached hydrogen (secondary N) is 1. The molecule has 8 heteroatoms. The van der Waals surface area contributed by atoms with Crippen LogP contribution in [-0.2, 0) is 13.6 Å². The van der Waals surface area contributed by atoms with Gasteiger partial charge < -0.3 is 10.4 Å². The summed E-state index contributed by atoms with van der Waals surface area (Å²) in [5, 5.41) is 23.7. The molecule has 0 radical (unpaired) electrons. The zero-order valence-corrected chi connectivity index (χ0v) is 17.8. The van der Waals surface area contributed by atoms with Gasteiger partial charge in [-0.15, -0.1) is 0 Å². The largest absolute Gasteiger partial charge is 0.390 e. The Kier molecular flexibility index (Phi) is 5.31. The molecule has 1 fully saturated rings. The third kappa shape index (κ3) is 3.36. The summed E-state index contributed by atoms with van der Waals surface area (Å²) in [7, 11) is 1.76. The monoisotopic (exact) mass is 425 g/mol. The molecule has 1 aliphatic rings. The van der Waals surface area contributed by atoms with Crippen molar-refractivity contribution in [1.82, 2.24) is 14.1 Å². The topological polar surface area (TPSA) is 95.9 Å². The van der Waals surface area contributed by atoms with Crippen LogP contribution in [0.2, 0.25) is 5.15 Å². The standard InChI is InChI=1S/C22H24ClN5O2/c1-3-22(30)9-4-5-14(22)13-28-19-11-15(6-7-18(19)27(2)21(28)29)26-17-8-10-25-20(23)16(17)12-24/h6-8,10-11,14,30H,3-5,9,13H2,1-2H3,(H,25,26)/t14-,22-/m0/s1. The minimum atomic E-state index is -0.715. The summed E-state index contributed by atoms with van der Waals surface area (Å²) < 4.78 is 3.38. The number of hydrogen-bond donors (Lipinski definition) is 2. The molecule has 0 amide bonds. The Bertz CT molecular complexity index is 1210. The number of fused-ring (bicyclic) bond motifs is 1. The van der Waals surface area contributed by atoms with Gasteiger partial charge in [0.1, 0.15) is 16.8 Å². The van der Waals surface area contributed by atoms with Crippen LogP contribution in [0.15, 0.2) is 35.3 Å². The van der Waals surface area contributed by atoms with E-state index in [1.807, 2.05) is 25.1 Å². The van der Waals surface area contributed by atoms with Crippen LogP contribution in [0, 0.1) is 17.2 Å². The lowest BCUT2D eigenvalue weighted by molar-refractivity contribution is -0.00723. The zero-order valence-electron chi connectivity index (χ0n) is 17.0. The number of nitrogens with zero attached hydrogens (tertiary/aromatic N) is 4. The highest BCUT2D eigenvalue weighted by atomic mass is 35.5. The van der Waals surface area contributed by atoms with Gasteiger partial charge in [0.25, 0.3) is 0 Å². The van der Waals surface area contributed by atoms with Crippen LogP contribution in [0.5, 0.6) is 0 Å². The lowest BCUT2D eigenvalue weighted by Gasteiger charge is -2.29. The third-order valence-electron chi connectivity index (χ3n) is 6.38. The molecule has 7 nitrogen and oxygen atoms in total. The molecular weight excluding hydrogens is 402 g/mol. The van der Waals surface area contributed by atoms with E-state index < -0.39 is 5.60 Å². The molecule has 2 N–H and O–H groups in total. The maximum absolute atomic E-state index is 12.9. The zero-order chi connectivity index (χ0) is 21.5. The fourth-order valence-electron chi connectivity index (χ4n) is 4.54. The average molecular weight is 426 g/mol. The highest BCUT2D eigenvalue weighted by Gasteiger charge is 2.40. The van der Waals surface area contributed by atoms with E-state index in [0.717, 1.165) is 36.0 Å². The van der Waals surface area contributed by atoms with Crippen LogP contribution in [-0.4, -0.2) is 24.8 Å². The minimum absolute atomic E-state index is 0.0478. The van der Waals surface area contributed by atoms with Crippen molar-refractivity contribution < 1.29 is 5.11 Å². The number of nitriles is 1. The first-order valence-corrected chi connectivity index (χ1v) is 10.5. The molecule has 30 heavy (non-hydrogen) atoms. The molecule has 4 rings (SSSR count). The smallest absolute Gasteiger partial charge is 0.328 e. The van der Waals surface area contributed by atoms with E-state index in [2.05, 4.69) is 16.4 Å². The molecule has 156 valence electrons. The van der Waals surface area contributed by atoms with Crippen molar-refractivity contribution in [3.63, 3.8) is 0 Å². The molecule has 0 spiro atoms. The Morgan fingerprint density at radius 2 is 2.20 bits per heavy atom. The van der Waals surface area contributed by atoms with Crippen molar-refractivity contribution in [2.45, 2.75) is 44.8 Å². The Morgan fingerprint density at radius 3 is 2.93 bits per heavy atom. The van der Waals surface area contributed by atoms with E-state index >= 15 is 0 Å². The molecule has 2 atom stereocenters. The Morgan fingerprint density at radius 1 is 1.40 bits per heavy atom. The lowest BCUT2D eigenvalue weighted by atomic mass is 9.88. The SMILES string of the molecule is CC[C@]1(O)CCC[C@H]1Cn1c(=O)n(C)c2ccc(Nc3ccnc(Cl)c3C#N)cc21. The molecule has 1 aromatic carbocycles. The van der Waals surface area contributed by atoms with Gasteiger partial charge in [-0.2, -0.15) is 5.26 Å². The molecule has 1 saturated carbocycles. The van der Waals surface area contributed by atoms with Gasteiger partial charge >= 0.3 is 5.69 Å². The van der Waals surface area contributed by atoms with Gasteiger partial charge in [-0.25, -0.2) is 9.78 Å². The van der Waals surface area contributed by atoms with Crippen molar-refractivity contribution in [2.24, 2.45) is 13.0 Å². The van der Waals surface area contributed by atoms with Gasteiger partial charge in [0, 0.05) is 31.4 Å². The normalized spacial score (nSPS) is 21.1. The van der Waals surface area contributed by atoms with E-state index in [9.17, 15) is 15.2 Å². The lowest BCUT2D eigenvalue weighted by Crippen LogP contribution is -2.37. The fraction of sp³-hybridized carbons (Fsp3) is 0.409. The second-order valence-corrected chi connectivity index (χ2v) is 8.32. The van der Waals surface area contributed by atoms with Gasteiger partial charge in [-0.3, -0.25) is 9.13 Å². The number of imidazole rings is 1. The summed E-state index contributed by atoms with van der Waals surface area (Å²) in [5.74, 6) is 0.0478. The fourth-order valence-corrected chi connectivity index (χ4v) is 4.74. The molecule has 3 aromatic rings. The third-order valence-corrected chi connectivity index (χ3v) is 6.66. The molecule has 2 heterocycles. The first-order valence-electron chi connectivity index (χ1n) is 10.1. The Balaban J connectivity index is 1.74. The number of halogens is 1. The summed E-state index contributed by atoms with van der Waals surface area (Å²) in [5.41, 5.74) is 2.34. The van der Waals surface area contributed by atoms with Gasteiger partial charge in [0.05, 0.1) is 22.3 Å². The molecule has 0 unspecified atom stereocenters. The predicted octanol–water partition coefficient (Wildman–Crippen LogP) is 3.94. The number of pyridine rings is 1. The quantitative estimate of drug-likeness (QED) is 0.603. The van der Waals surface area contributed by atoms with Crippen LogP contribution < -0.4 is 11.0 Å². The van der Waals surface area contributed by atoms with Gasteiger partial charge in [0.15, 0.2) is 0 Å². The highest BCUT2D eigenvalue weighted by molar-refractivity contribution is 6.31. The maximum Gasteiger partial charge on any atom is 0.328 e. The number of benzene rings is 1. The molecule has 2 aromatic heterocycles. The Labute approximate surface area is 179 Å². The van der Waals surface area contributed by atoms with E-state index in [1.54, 1.807) is 22.2 Å². The van der Waals surface area contributed by atoms with E-state index in [1.165, 1.54) is 6.20 Å². The summed E-state index contributed by atoms with van der Waals surface area (Å²) in [4.78, 5) is 16.9. The molecule has 0 aliphatic heterocycles. The molecule has 0 saturated heterocycles. The summed E-state index contributed by atoms with van der Waals surface area (Å²) in [6, 6.07) is 9.39.